The van der Waals surface area contributed by atoms with Gasteiger partial charge in [0.05, 0.1) is 30.8 Å². The first-order chi connectivity index (χ1) is 19.4. The Morgan fingerprint density at radius 2 is 1.95 bits per heavy atom. The summed E-state index contributed by atoms with van der Waals surface area (Å²) < 4.78 is 11.6. The average molecular weight is 550 g/mol. The first-order valence-electron chi connectivity index (χ1n) is 13.7. The molecule has 0 saturated carbocycles. The van der Waals surface area contributed by atoms with Crippen LogP contribution in [-0.2, 0) is 24.3 Å². The molecule has 12 heteroatoms. The first-order valence-corrected chi connectivity index (χ1v) is 13.7. The maximum Gasteiger partial charge on any atom is 0.410 e. The molecule has 2 fully saturated rings. The molecular formula is C28H35N7O5. The van der Waals surface area contributed by atoms with Crippen LogP contribution in [0.15, 0.2) is 30.3 Å². The van der Waals surface area contributed by atoms with E-state index in [-0.39, 0.29) is 37.7 Å². The van der Waals surface area contributed by atoms with Crippen LogP contribution in [0.4, 0.5) is 15.4 Å². The fourth-order valence-electron chi connectivity index (χ4n) is 5.61. The highest BCUT2D eigenvalue weighted by Crippen LogP contribution is 2.31. The molecule has 2 amide bonds. The van der Waals surface area contributed by atoms with Crippen molar-refractivity contribution in [2.45, 2.75) is 50.9 Å². The summed E-state index contributed by atoms with van der Waals surface area (Å²) in [6, 6.07) is 11.8. The van der Waals surface area contributed by atoms with E-state index in [0.29, 0.717) is 50.7 Å². The van der Waals surface area contributed by atoms with E-state index >= 15 is 0 Å². The Balaban J connectivity index is 1.34. The summed E-state index contributed by atoms with van der Waals surface area (Å²) in [5, 5.41) is 19.1. The molecule has 2 aromatic rings. The number of anilines is 1. The van der Waals surface area contributed by atoms with Crippen LogP contribution in [-0.4, -0.2) is 100 Å². The summed E-state index contributed by atoms with van der Waals surface area (Å²) in [4.78, 5) is 41.4. The molecule has 1 N–H and O–H groups in total. The quantitative estimate of drug-likeness (QED) is 0.549. The zero-order valence-electron chi connectivity index (χ0n) is 22.7. The van der Waals surface area contributed by atoms with E-state index in [1.807, 2.05) is 30.3 Å². The van der Waals surface area contributed by atoms with Crippen LogP contribution in [0.2, 0.25) is 0 Å². The smallest absolute Gasteiger partial charge is 0.410 e. The predicted molar refractivity (Wildman–Crippen MR) is 145 cm³/mol. The number of nitriles is 1. The number of carbonyl (C=O) groups excluding carboxylic acids is 1. The summed E-state index contributed by atoms with van der Waals surface area (Å²) in [6.07, 6.45) is 1.35. The number of hydrogen-bond acceptors (Lipinski definition) is 9. The Morgan fingerprint density at radius 1 is 1.12 bits per heavy atom. The van der Waals surface area contributed by atoms with Gasteiger partial charge in [-0.15, -0.1) is 0 Å². The number of aromatic nitrogens is 2. The maximum atomic E-state index is 13.0. The second-order valence-corrected chi connectivity index (χ2v) is 10.5. The number of likely N-dealkylation sites (tertiary alicyclic amines) is 1. The number of nitrogens with zero attached hydrogens (tertiary/aromatic N) is 7. The van der Waals surface area contributed by atoms with Crippen LogP contribution in [0, 0.1) is 11.3 Å². The third-order valence-electron chi connectivity index (χ3n) is 7.92. The molecule has 12 nitrogen and oxygen atoms in total. The molecule has 0 aliphatic carbocycles. The Hall–Kier alpha value is -4.11. The lowest BCUT2D eigenvalue weighted by Crippen LogP contribution is -2.55. The van der Waals surface area contributed by atoms with E-state index in [4.69, 9.17) is 14.5 Å². The van der Waals surface area contributed by atoms with Crippen molar-refractivity contribution >= 4 is 18.0 Å². The molecule has 0 spiro atoms. The Bertz CT molecular complexity index is 1250. The standard InChI is InChI=1S/C28H35N7O5/c1-32-12-5-8-22(32)19-39-26-30-24-17-34(27(36)37)13-10-23(24)25(31-26)33-14-15-35(21(16-33)9-11-29)28(38)40-18-20-6-3-2-4-7-20/h2-4,6-7,21-22H,5,8-10,12-19H2,1H3,(H,36,37)/t21?,22-/m0/s1. The highest BCUT2D eigenvalue weighted by atomic mass is 16.6. The van der Waals surface area contributed by atoms with Gasteiger partial charge in [-0.2, -0.15) is 15.2 Å². The molecule has 5 rings (SSSR count). The van der Waals surface area contributed by atoms with Crippen molar-refractivity contribution in [2.24, 2.45) is 0 Å². The van der Waals surface area contributed by atoms with Crippen molar-refractivity contribution in [2.75, 3.05) is 51.3 Å². The Morgan fingerprint density at radius 3 is 2.67 bits per heavy atom. The number of benzene rings is 1. The van der Waals surface area contributed by atoms with Gasteiger partial charge in [0.2, 0.25) is 0 Å². The molecule has 3 aliphatic rings. The van der Waals surface area contributed by atoms with Crippen molar-refractivity contribution in [1.82, 2.24) is 24.7 Å². The van der Waals surface area contributed by atoms with Gasteiger partial charge in [-0.1, -0.05) is 30.3 Å². The van der Waals surface area contributed by atoms with Crippen LogP contribution >= 0.6 is 0 Å². The lowest BCUT2D eigenvalue weighted by molar-refractivity contribution is 0.0767. The molecule has 1 unspecified atom stereocenters. The van der Waals surface area contributed by atoms with Crippen molar-refractivity contribution in [3.05, 3.63) is 47.2 Å². The molecule has 40 heavy (non-hydrogen) atoms. The topological polar surface area (TPSA) is 135 Å². The third kappa shape index (κ3) is 6.20. The van der Waals surface area contributed by atoms with E-state index in [2.05, 4.69) is 27.9 Å². The molecule has 1 aromatic heterocycles. The fraction of sp³-hybridized carbons (Fsp3) is 0.536. The SMILES string of the molecule is CN1CCC[C@H]1COc1nc2c(c(N3CCN(C(=O)OCc4ccccc4)C(CC#N)C3)n1)CCN(C(=O)O)C2. The average Bonchev–Trinajstić information content (AvgIpc) is 3.39. The minimum absolute atomic E-state index is 0.147. The van der Waals surface area contributed by atoms with E-state index in [0.717, 1.165) is 30.5 Å². The number of rotatable bonds is 7. The van der Waals surface area contributed by atoms with Gasteiger partial charge in [-0.25, -0.2) is 9.59 Å². The van der Waals surface area contributed by atoms with Crippen LogP contribution < -0.4 is 9.64 Å². The number of hydrogen-bond donors (Lipinski definition) is 1. The zero-order chi connectivity index (χ0) is 28.1. The molecule has 2 saturated heterocycles. The van der Waals surface area contributed by atoms with Crippen LogP contribution in [0.25, 0.3) is 0 Å². The summed E-state index contributed by atoms with van der Waals surface area (Å²) in [5.41, 5.74) is 2.42. The summed E-state index contributed by atoms with van der Waals surface area (Å²) in [7, 11) is 2.07. The van der Waals surface area contributed by atoms with Gasteiger partial charge >= 0.3 is 18.2 Å². The van der Waals surface area contributed by atoms with Gasteiger partial charge in [0.1, 0.15) is 19.0 Å². The molecule has 2 atom stereocenters. The number of likely N-dealkylation sites (N-methyl/N-ethyl adjacent to an activating group) is 1. The van der Waals surface area contributed by atoms with Crippen molar-refractivity contribution in [3.8, 4) is 12.1 Å². The van der Waals surface area contributed by atoms with E-state index in [1.165, 1.54) is 4.90 Å². The third-order valence-corrected chi connectivity index (χ3v) is 7.92. The molecule has 0 radical (unpaired) electrons. The largest absolute Gasteiger partial charge is 0.465 e. The van der Waals surface area contributed by atoms with Gasteiger partial charge < -0.3 is 34.2 Å². The van der Waals surface area contributed by atoms with Gasteiger partial charge in [0.25, 0.3) is 0 Å². The van der Waals surface area contributed by atoms with Crippen molar-refractivity contribution < 1.29 is 24.2 Å². The Labute approximate surface area is 233 Å². The Kier molecular flexibility index (Phi) is 8.50. The van der Waals surface area contributed by atoms with Crippen LogP contribution in [0.1, 0.15) is 36.1 Å². The molecular weight excluding hydrogens is 514 g/mol. The van der Waals surface area contributed by atoms with Gasteiger partial charge in [0, 0.05) is 37.8 Å². The lowest BCUT2D eigenvalue weighted by Gasteiger charge is -2.41. The highest BCUT2D eigenvalue weighted by molar-refractivity contribution is 5.69. The zero-order valence-corrected chi connectivity index (χ0v) is 22.7. The summed E-state index contributed by atoms with van der Waals surface area (Å²) >= 11 is 0. The van der Waals surface area contributed by atoms with E-state index in [9.17, 15) is 20.0 Å². The van der Waals surface area contributed by atoms with Crippen molar-refractivity contribution in [1.29, 1.82) is 5.26 Å². The molecule has 4 heterocycles. The molecule has 0 bridgehead atoms. The first kappa shape index (κ1) is 27.5. The normalized spacial score (nSPS) is 21.1. The monoisotopic (exact) mass is 549 g/mol. The highest BCUT2D eigenvalue weighted by Gasteiger charge is 2.35. The van der Waals surface area contributed by atoms with Gasteiger partial charge in [0.15, 0.2) is 0 Å². The number of carbonyl (C=O) groups is 2. The fourth-order valence-corrected chi connectivity index (χ4v) is 5.61. The summed E-state index contributed by atoms with van der Waals surface area (Å²) in [5.74, 6) is 0.685. The molecule has 1 aromatic carbocycles. The van der Waals surface area contributed by atoms with Gasteiger partial charge in [-0.3, -0.25) is 0 Å². The second kappa shape index (κ2) is 12.4. The maximum absolute atomic E-state index is 13.0. The number of amides is 2. The number of fused-ring (bicyclic) bond motifs is 1. The van der Waals surface area contributed by atoms with Crippen molar-refractivity contribution in [3.63, 3.8) is 0 Å². The lowest BCUT2D eigenvalue weighted by atomic mass is 10.0. The number of ether oxygens (including phenoxy) is 2. The van der Waals surface area contributed by atoms with E-state index in [1.54, 1.807) is 4.90 Å². The molecule has 3 aliphatic heterocycles. The van der Waals surface area contributed by atoms with Crippen LogP contribution in [0.3, 0.4) is 0 Å². The van der Waals surface area contributed by atoms with Gasteiger partial charge in [-0.05, 0) is 38.4 Å². The minimum Gasteiger partial charge on any atom is -0.465 e. The number of carboxylic acid groups (broad SMARTS) is 1. The molecule has 212 valence electrons. The second-order valence-electron chi connectivity index (χ2n) is 10.5. The van der Waals surface area contributed by atoms with Crippen LogP contribution in [0.5, 0.6) is 6.01 Å². The minimum atomic E-state index is -0.988. The summed E-state index contributed by atoms with van der Waals surface area (Å²) in [6.45, 7) is 3.39. The van der Waals surface area contributed by atoms with E-state index < -0.39 is 12.2 Å². The predicted octanol–water partition coefficient (Wildman–Crippen LogP) is 2.73. The number of piperazine rings is 1.